The normalized spacial score (nSPS) is 14.6. The van der Waals surface area contributed by atoms with Gasteiger partial charge in [-0.05, 0) is 44.0 Å². The first-order chi connectivity index (χ1) is 15.5. The number of hydrogen-bond acceptors (Lipinski definition) is 5. The third-order valence-electron chi connectivity index (χ3n) is 6.16. The number of ether oxygens (including phenoxy) is 1. The number of ketones is 1. The van der Waals surface area contributed by atoms with Crippen LogP contribution in [0.1, 0.15) is 29.8 Å². The van der Waals surface area contributed by atoms with Crippen molar-refractivity contribution in [1.82, 2.24) is 9.47 Å². The molecule has 0 aliphatic carbocycles. The second-order valence-electron chi connectivity index (χ2n) is 8.29. The lowest BCUT2D eigenvalue weighted by molar-refractivity contribution is -0.143. The van der Waals surface area contributed by atoms with Crippen LogP contribution in [0.25, 0.3) is 10.9 Å². The molecule has 6 heteroatoms. The number of carbonyl (C=O) groups excluding carboxylic acids is 2. The Morgan fingerprint density at radius 3 is 2.53 bits per heavy atom. The van der Waals surface area contributed by atoms with E-state index in [1.807, 2.05) is 35.8 Å². The number of aromatic nitrogens is 1. The first-order valence-electron chi connectivity index (χ1n) is 11.4. The van der Waals surface area contributed by atoms with Crippen LogP contribution in [0.3, 0.4) is 0 Å². The molecule has 0 unspecified atom stereocenters. The van der Waals surface area contributed by atoms with Crippen molar-refractivity contribution in [2.24, 2.45) is 0 Å². The van der Waals surface area contributed by atoms with Crippen LogP contribution in [0.2, 0.25) is 0 Å². The molecule has 0 spiro atoms. The highest BCUT2D eigenvalue weighted by Gasteiger charge is 2.19. The first-order valence-corrected chi connectivity index (χ1v) is 11.4. The quantitative estimate of drug-likeness (QED) is 0.400. The van der Waals surface area contributed by atoms with Gasteiger partial charge in [0, 0.05) is 61.1 Å². The Balaban J connectivity index is 1.37. The molecule has 0 saturated carbocycles. The standard InChI is InChI=1S/C26H31N3O3/c1-3-32-26(31)19-29-18-22(24-9-4-5-10-25(24)29)11-12-27-13-15-28(16-14-27)23-8-6-7-21(17-23)20(2)30/h4-10,17-18H,3,11-16,19H2,1-2H3. The summed E-state index contributed by atoms with van der Waals surface area (Å²) in [7, 11) is 0. The van der Waals surface area contributed by atoms with Gasteiger partial charge in [-0.2, -0.15) is 0 Å². The lowest BCUT2D eigenvalue weighted by Gasteiger charge is -2.36. The fourth-order valence-corrected chi connectivity index (χ4v) is 4.43. The van der Waals surface area contributed by atoms with Crippen molar-refractivity contribution in [3.05, 3.63) is 65.9 Å². The van der Waals surface area contributed by atoms with Gasteiger partial charge in [0.2, 0.25) is 0 Å². The minimum atomic E-state index is -0.204. The molecule has 0 atom stereocenters. The molecule has 2 heterocycles. The molecule has 6 nitrogen and oxygen atoms in total. The first kappa shape index (κ1) is 22.1. The van der Waals surface area contributed by atoms with Crippen LogP contribution in [0, 0.1) is 0 Å². The van der Waals surface area contributed by atoms with E-state index in [0.29, 0.717) is 6.61 Å². The summed E-state index contributed by atoms with van der Waals surface area (Å²) in [5.74, 6) is -0.0997. The summed E-state index contributed by atoms with van der Waals surface area (Å²) in [5, 5.41) is 1.21. The van der Waals surface area contributed by atoms with Gasteiger partial charge < -0.3 is 14.2 Å². The van der Waals surface area contributed by atoms with Gasteiger partial charge in [-0.25, -0.2) is 0 Å². The SMILES string of the molecule is CCOC(=O)Cn1cc(CCN2CCN(c3cccc(C(C)=O)c3)CC2)c2ccccc21. The zero-order chi connectivity index (χ0) is 22.5. The predicted molar refractivity (Wildman–Crippen MR) is 127 cm³/mol. The second kappa shape index (κ2) is 10.0. The molecule has 0 amide bonds. The molecular weight excluding hydrogens is 402 g/mol. The molecule has 1 fully saturated rings. The molecule has 32 heavy (non-hydrogen) atoms. The van der Waals surface area contributed by atoms with E-state index in [1.165, 1.54) is 10.9 Å². The molecule has 168 valence electrons. The number of fused-ring (bicyclic) bond motifs is 1. The number of piperazine rings is 1. The second-order valence-corrected chi connectivity index (χ2v) is 8.29. The molecule has 3 aromatic rings. The number of anilines is 1. The van der Waals surface area contributed by atoms with E-state index in [9.17, 15) is 9.59 Å². The zero-order valence-electron chi connectivity index (χ0n) is 18.9. The number of rotatable bonds is 8. The van der Waals surface area contributed by atoms with E-state index in [-0.39, 0.29) is 18.3 Å². The van der Waals surface area contributed by atoms with Crippen LogP contribution in [0.15, 0.2) is 54.7 Å². The van der Waals surface area contributed by atoms with Crippen LogP contribution in [0.5, 0.6) is 0 Å². The molecule has 1 aliphatic rings. The summed E-state index contributed by atoms with van der Waals surface area (Å²) in [4.78, 5) is 28.5. The predicted octanol–water partition coefficient (Wildman–Crippen LogP) is 3.77. The van der Waals surface area contributed by atoms with Gasteiger partial charge in [0.1, 0.15) is 6.54 Å². The number of para-hydroxylation sites is 1. The van der Waals surface area contributed by atoms with Crippen molar-refractivity contribution in [2.75, 3.05) is 44.2 Å². The Labute approximate surface area is 189 Å². The third kappa shape index (κ3) is 5.02. The van der Waals surface area contributed by atoms with Gasteiger partial charge in [0.05, 0.1) is 6.61 Å². The van der Waals surface area contributed by atoms with Gasteiger partial charge in [-0.1, -0.05) is 30.3 Å². The highest BCUT2D eigenvalue weighted by Crippen LogP contribution is 2.23. The van der Waals surface area contributed by atoms with Gasteiger partial charge in [-0.3, -0.25) is 14.5 Å². The van der Waals surface area contributed by atoms with Crippen LogP contribution < -0.4 is 4.90 Å². The molecule has 2 aromatic carbocycles. The molecule has 1 aromatic heterocycles. The topological polar surface area (TPSA) is 54.8 Å². The van der Waals surface area contributed by atoms with E-state index in [1.54, 1.807) is 6.92 Å². The van der Waals surface area contributed by atoms with Crippen molar-refractivity contribution in [3.63, 3.8) is 0 Å². The van der Waals surface area contributed by atoms with Crippen LogP contribution in [0.4, 0.5) is 5.69 Å². The summed E-state index contributed by atoms with van der Waals surface area (Å²) < 4.78 is 7.14. The lowest BCUT2D eigenvalue weighted by atomic mass is 10.1. The molecule has 1 saturated heterocycles. The van der Waals surface area contributed by atoms with E-state index in [4.69, 9.17) is 4.74 Å². The summed E-state index contributed by atoms with van der Waals surface area (Å²) in [6, 6.07) is 16.2. The Bertz CT molecular complexity index is 1100. The largest absolute Gasteiger partial charge is 0.465 e. The Morgan fingerprint density at radius 1 is 1.00 bits per heavy atom. The summed E-state index contributed by atoms with van der Waals surface area (Å²) in [6.07, 6.45) is 3.04. The van der Waals surface area contributed by atoms with Gasteiger partial charge in [0.25, 0.3) is 0 Å². The molecular formula is C26H31N3O3. The number of hydrogen-bond donors (Lipinski definition) is 0. The molecule has 0 bridgehead atoms. The molecule has 0 N–H and O–H groups in total. The fourth-order valence-electron chi connectivity index (χ4n) is 4.43. The van der Waals surface area contributed by atoms with Crippen molar-refractivity contribution in [2.45, 2.75) is 26.8 Å². The Kier molecular flexibility index (Phi) is 6.90. The highest BCUT2D eigenvalue weighted by atomic mass is 16.5. The molecule has 1 aliphatic heterocycles. The lowest BCUT2D eigenvalue weighted by Crippen LogP contribution is -2.47. The third-order valence-corrected chi connectivity index (χ3v) is 6.16. The van der Waals surface area contributed by atoms with Crippen molar-refractivity contribution < 1.29 is 14.3 Å². The number of Topliss-reactive ketones (excluding diaryl/α,β-unsaturated/α-hetero) is 1. The maximum Gasteiger partial charge on any atom is 0.325 e. The highest BCUT2D eigenvalue weighted by molar-refractivity contribution is 5.95. The number of nitrogens with zero attached hydrogens (tertiary/aromatic N) is 3. The fraction of sp³-hybridized carbons (Fsp3) is 0.385. The van der Waals surface area contributed by atoms with E-state index < -0.39 is 0 Å². The number of carbonyl (C=O) groups is 2. The Hall–Kier alpha value is -3.12. The van der Waals surface area contributed by atoms with E-state index >= 15 is 0 Å². The maximum absolute atomic E-state index is 12.0. The zero-order valence-corrected chi connectivity index (χ0v) is 18.9. The maximum atomic E-state index is 12.0. The summed E-state index contributed by atoms with van der Waals surface area (Å²) >= 11 is 0. The smallest absolute Gasteiger partial charge is 0.325 e. The number of esters is 1. The van der Waals surface area contributed by atoms with Crippen molar-refractivity contribution >= 4 is 28.3 Å². The van der Waals surface area contributed by atoms with Gasteiger partial charge in [0.15, 0.2) is 5.78 Å². The van der Waals surface area contributed by atoms with Crippen LogP contribution in [-0.2, 0) is 22.5 Å². The average Bonchev–Trinajstić information content (AvgIpc) is 3.15. The van der Waals surface area contributed by atoms with Crippen LogP contribution in [-0.4, -0.2) is 60.6 Å². The Morgan fingerprint density at radius 2 is 1.78 bits per heavy atom. The molecule has 0 radical (unpaired) electrons. The van der Waals surface area contributed by atoms with Gasteiger partial charge in [-0.15, -0.1) is 0 Å². The van der Waals surface area contributed by atoms with Crippen LogP contribution >= 0.6 is 0 Å². The minimum Gasteiger partial charge on any atom is -0.465 e. The van der Waals surface area contributed by atoms with E-state index in [0.717, 1.165) is 55.9 Å². The van der Waals surface area contributed by atoms with Crippen molar-refractivity contribution in [1.29, 1.82) is 0 Å². The molecule has 4 rings (SSSR count). The van der Waals surface area contributed by atoms with E-state index in [2.05, 4.69) is 40.3 Å². The minimum absolute atomic E-state index is 0.104. The summed E-state index contributed by atoms with van der Waals surface area (Å²) in [5.41, 5.74) is 4.23. The number of benzene rings is 2. The average molecular weight is 434 g/mol. The van der Waals surface area contributed by atoms with Crippen molar-refractivity contribution in [3.8, 4) is 0 Å². The summed E-state index contributed by atoms with van der Waals surface area (Å²) in [6.45, 7) is 8.95. The monoisotopic (exact) mass is 433 g/mol. The van der Waals surface area contributed by atoms with Gasteiger partial charge >= 0.3 is 5.97 Å².